The van der Waals surface area contributed by atoms with Crippen molar-refractivity contribution in [2.45, 2.75) is 31.7 Å². The maximum absolute atomic E-state index is 11.8. The number of nitrogens with zero attached hydrogens (tertiary/aromatic N) is 1. The van der Waals surface area contributed by atoms with Gasteiger partial charge in [0.1, 0.15) is 0 Å². The first-order valence-electron chi connectivity index (χ1n) is 5.64. The van der Waals surface area contributed by atoms with Crippen LogP contribution < -0.4 is 5.73 Å². The first-order chi connectivity index (χ1) is 7.15. The van der Waals surface area contributed by atoms with Gasteiger partial charge >= 0.3 is 0 Å². The van der Waals surface area contributed by atoms with E-state index in [1.165, 1.54) is 12.8 Å². The molecule has 0 bridgehead atoms. The van der Waals surface area contributed by atoms with Gasteiger partial charge in [0, 0.05) is 13.6 Å². The molecule has 0 aromatic rings. The van der Waals surface area contributed by atoms with E-state index >= 15 is 0 Å². The van der Waals surface area contributed by atoms with Crippen LogP contribution in [0.15, 0.2) is 0 Å². The first-order valence-corrected chi connectivity index (χ1v) is 7.04. The molecule has 1 unspecified atom stereocenters. The Morgan fingerprint density at radius 3 is 2.69 bits per heavy atom. The van der Waals surface area contributed by atoms with E-state index in [2.05, 4.69) is 0 Å². The van der Waals surface area contributed by atoms with Crippen molar-refractivity contribution in [3.63, 3.8) is 0 Å². The van der Waals surface area contributed by atoms with Crippen LogP contribution in [0, 0.1) is 5.92 Å². The lowest BCUT2D eigenvalue weighted by Crippen LogP contribution is -2.42. The topological polar surface area (TPSA) is 46.3 Å². The Morgan fingerprint density at radius 1 is 1.56 bits per heavy atom. The van der Waals surface area contributed by atoms with Gasteiger partial charge in [-0.3, -0.25) is 4.79 Å². The summed E-state index contributed by atoms with van der Waals surface area (Å²) in [5, 5.41) is 0. The molecule has 5 heteroatoms. The van der Waals surface area contributed by atoms with E-state index in [1.54, 1.807) is 16.7 Å². The predicted octanol–water partition coefficient (Wildman–Crippen LogP) is 1.75. The molecule has 0 aliphatic heterocycles. The predicted molar refractivity (Wildman–Crippen MR) is 73.2 cm³/mol. The van der Waals surface area contributed by atoms with Crippen LogP contribution in [0.5, 0.6) is 0 Å². The van der Waals surface area contributed by atoms with E-state index in [-0.39, 0.29) is 24.4 Å². The third kappa shape index (κ3) is 5.97. The van der Waals surface area contributed by atoms with Crippen molar-refractivity contribution < 1.29 is 4.79 Å². The van der Waals surface area contributed by atoms with E-state index in [4.69, 9.17) is 5.73 Å². The van der Waals surface area contributed by atoms with Gasteiger partial charge in [0.15, 0.2) is 0 Å². The summed E-state index contributed by atoms with van der Waals surface area (Å²) in [5.74, 6) is 1.94. The number of hydrogen-bond acceptors (Lipinski definition) is 3. The van der Waals surface area contributed by atoms with Gasteiger partial charge in [-0.15, -0.1) is 12.4 Å². The van der Waals surface area contributed by atoms with Gasteiger partial charge in [-0.2, -0.15) is 11.8 Å². The molecule has 1 saturated carbocycles. The smallest absolute Gasteiger partial charge is 0.239 e. The van der Waals surface area contributed by atoms with Gasteiger partial charge in [-0.05, 0) is 30.8 Å². The summed E-state index contributed by atoms with van der Waals surface area (Å²) in [6.45, 7) is 0.871. The molecule has 1 aliphatic rings. The average Bonchev–Trinajstić information content (AvgIpc) is 3.05. The third-order valence-corrected chi connectivity index (χ3v) is 3.54. The number of hydrogen-bond donors (Lipinski definition) is 1. The first kappa shape index (κ1) is 16.1. The summed E-state index contributed by atoms with van der Waals surface area (Å²) < 4.78 is 0. The summed E-state index contributed by atoms with van der Waals surface area (Å²) in [6, 6.07) is -0.304. The molecular weight excluding hydrogens is 244 g/mol. The van der Waals surface area contributed by atoms with Gasteiger partial charge in [-0.25, -0.2) is 0 Å². The summed E-state index contributed by atoms with van der Waals surface area (Å²) in [7, 11) is 1.86. The quantitative estimate of drug-likeness (QED) is 0.764. The van der Waals surface area contributed by atoms with E-state index < -0.39 is 0 Å². The highest BCUT2D eigenvalue weighted by atomic mass is 35.5. The lowest BCUT2D eigenvalue weighted by Gasteiger charge is -2.21. The van der Waals surface area contributed by atoms with Crippen molar-refractivity contribution in [3.8, 4) is 0 Å². The molecule has 16 heavy (non-hydrogen) atoms. The molecule has 1 atom stereocenters. The number of rotatable bonds is 7. The number of likely N-dealkylation sites (N-methyl/N-ethyl adjacent to an activating group) is 1. The highest BCUT2D eigenvalue weighted by Gasteiger charge is 2.23. The minimum Gasteiger partial charge on any atom is -0.344 e. The fourth-order valence-electron chi connectivity index (χ4n) is 1.54. The zero-order valence-corrected chi connectivity index (χ0v) is 11.8. The Morgan fingerprint density at radius 2 is 2.19 bits per heavy atom. The minimum atomic E-state index is -0.304. The molecule has 0 spiro atoms. The number of amides is 1. The lowest BCUT2D eigenvalue weighted by molar-refractivity contribution is -0.131. The maximum Gasteiger partial charge on any atom is 0.239 e. The van der Waals surface area contributed by atoms with Gasteiger partial charge < -0.3 is 10.6 Å². The van der Waals surface area contributed by atoms with Crippen LogP contribution in [0.3, 0.4) is 0 Å². The average molecular weight is 267 g/mol. The number of nitrogens with two attached hydrogens (primary N) is 1. The number of halogens is 1. The van der Waals surface area contributed by atoms with Crippen LogP contribution in [0.25, 0.3) is 0 Å². The van der Waals surface area contributed by atoms with Gasteiger partial charge in [0.2, 0.25) is 5.91 Å². The van der Waals surface area contributed by atoms with E-state index in [0.717, 1.165) is 31.1 Å². The third-order valence-electron chi connectivity index (χ3n) is 2.90. The van der Waals surface area contributed by atoms with Crippen molar-refractivity contribution in [2.24, 2.45) is 11.7 Å². The van der Waals surface area contributed by atoms with Crippen LogP contribution >= 0.6 is 24.2 Å². The van der Waals surface area contributed by atoms with Crippen molar-refractivity contribution in [1.82, 2.24) is 4.90 Å². The Balaban J connectivity index is 0.00000225. The van der Waals surface area contributed by atoms with Gasteiger partial charge in [-0.1, -0.05) is 12.8 Å². The fourth-order valence-corrected chi connectivity index (χ4v) is 2.03. The molecule has 0 saturated heterocycles. The zero-order chi connectivity index (χ0) is 11.3. The molecule has 3 nitrogen and oxygen atoms in total. The largest absolute Gasteiger partial charge is 0.344 e. The molecule has 0 heterocycles. The second-order valence-corrected chi connectivity index (χ2v) is 5.37. The van der Waals surface area contributed by atoms with Crippen molar-refractivity contribution in [1.29, 1.82) is 0 Å². The Hall–Kier alpha value is 0.0700. The van der Waals surface area contributed by atoms with Crippen LogP contribution in [0.2, 0.25) is 0 Å². The molecule has 0 aromatic carbocycles. The Kier molecular flexibility index (Phi) is 8.24. The Bertz CT molecular complexity index is 212. The van der Waals surface area contributed by atoms with Crippen LogP contribution in [0.4, 0.5) is 0 Å². The van der Waals surface area contributed by atoms with Crippen LogP contribution in [0.1, 0.15) is 25.7 Å². The lowest BCUT2D eigenvalue weighted by atomic mass is 10.2. The summed E-state index contributed by atoms with van der Waals surface area (Å²) in [5.41, 5.74) is 5.82. The van der Waals surface area contributed by atoms with Crippen molar-refractivity contribution in [2.75, 3.05) is 25.6 Å². The molecule has 96 valence electrons. The fraction of sp³-hybridized carbons (Fsp3) is 0.909. The second kappa shape index (κ2) is 8.20. The molecule has 1 fully saturated rings. The molecule has 0 radical (unpaired) electrons. The number of carbonyl (C=O) groups is 1. The number of thioether (sulfide) groups is 1. The van der Waals surface area contributed by atoms with Gasteiger partial charge in [0.05, 0.1) is 6.04 Å². The van der Waals surface area contributed by atoms with E-state index in [1.807, 2.05) is 13.3 Å². The molecule has 1 rings (SSSR count). The molecule has 1 aliphatic carbocycles. The summed E-state index contributed by atoms with van der Waals surface area (Å²) in [4.78, 5) is 13.6. The molecule has 0 aromatic heterocycles. The van der Waals surface area contributed by atoms with Gasteiger partial charge in [0.25, 0.3) is 0 Å². The minimum absolute atomic E-state index is 0. The van der Waals surface area contributed by atoms with Crippen LogP contribution in [-0.4, -0.2) is 42.4 Å². The standard InChI is InChI=1S/C11H22N2OS.ClH/c1-13(7-5-9-3-4-9)11(14)10(12)6-8-15-2;/h9-10H,3-8,12H2,1-2H3;1H. The van der Waals surface area contributed by atoms with E-state index in [9.17, 15) is 4.79 Å². The Labute approximate surface area is 109 Å². The summed E-state index contributed by atoms with van der Waals surface area (Å²) >= 11 is 1.74. The zero-order valence-electron chi connectivity index (χ0n) is 10.1. The normalized spacial score (nSPS) is 16.4. The highest BCUT2D eigenvalue weighted by Crippen LogP contribution is 2.32. The van der Waals surface area contributed by atoms with Crippen LogP contribution in [-0.2, 0) is 4.79 Å². The molecule has 2 N–H and O–H groups in total. The molecular formula is C11H23ClN2OS. The molecule has 1 amide bonds. The SMILES string of the molecule is CSCCC(N)C(=O)N(C)CCC1CC1.Cl. The number of carbonyl (C=O) groups excluding carboxylic acids is 1. The maximum atomic E-state index is 11.8. The second-order valence-electron chi connectivity index (χ2n) is 4.38. The van der Waals surface area contributed by atoms with E-state index in [0.29, 0.717) is 0 Å². The van der Waals surface area contributed by atoms with Crippen molar-refractivity contribution in [3.05, 3.63) is 0 Å². The highest BCUT2D eigenvalue weighted by molar-refractivity contribution is 7.98. The van der Waals surface area contributed by atoms with Crippen molar-refractivity contribution >= 4 is 30.1 Å². The monoisotopic (exact) mass is 266 g/mol. The summed E-state index contributed by atoms with van der Waals surface area (Å²) in [6.07, 6.45) is 6.67.